The fourth-order valence-corrected chi connectivity index (χ4v) is 3.59. The summed E-state index contributed by atoms with van der Waals surface area (Å²) in [5.41, 5.74) is 5.74. The van der Waals surface area contributed by atoms with Crippen molar-refractivity contribution in [1.29, 1.82) is 0 Å². The van der Waals surface area contributed by atoms with Gasteiger partial charge in [0.1, 0.15) is 10.7 Å². The van der Waals surface area contributed by atoms with Crippen LogP contribution in [-0.2, 0) is 10.0 Å². The number of sulfonamides is 1. The number of hydrogen-bond acceptors (Lipinski definition) is 3. The number of nitrogens with two attached hydrogens (primary N) is 1. The summed E-state index contributed by atoms with van der Waals surface area (Å²) in [6.45, 7) is 0.668. The quantitative estimate of drug-likeness (QED) is 0.896. The van der Waals surface area contributed by atoms with Crippen LogP contribution in [0.4, 0.5) is 4.39 Å². The number of benzene rings is 1. The van der Waals surface area contributed by atoms with Crippen molar-refractivity contribution in [2.24, 2.45) is 5.73 Å². The first-order valence-corrected chi connectivity index (χ1v) is 6.96. The summed E-state index contributed by atoms with van der Waals surface area (Å²) in [5.74, 6) is -0.716. The number of nitrogens with zero attached hydrogens (tertiary/aromatic N) is 1. The predicted molar refractivity (Wildman–Crippen MR) is 69.6 cm³/mol. The molecule has 2 rings (SSSR count). The minimum Gasteiger partial charge on any atom is -0.327 e. The largest absolute Gasteiger partial charge is 0.327 e. The van der Waals surface area contributed by atoms with Crippen molar-refractivity contribution in [3.8, 4) is 0 Å². The van der Waals surface area contributed by atoms with Crippen LogP contribution in [0, 0.1) is 5.82 Å². The van der Waals surface area contributed by atoms with Crippen molar-refractivity contribution in [1.82, 2.24) is 4.31 Å². The van der Waals surface area contributed by atoms with Crippen molar-refractivity contribution in [2.45, 2.75) is 23.8 Å². The lowest BCUT2D eigenvalue weighted by Gasteiger charge is -2.29. The SMILES string of the molecule is Cl.N[C@@H]1CCCN(S(=O)(=O)c2ccccc2F)C1. The summed E-state index contributed by atoms with van der Waals surface area (Å²) in [7, 11) is -3.75. The van der Waals surface area contributed by atoms with Gasteiger partial charge in [0.25, 0.3) is 0 Å². The minimum atomic E-state index is -3.75. The van der Waals surface area contributed by atoms with Gasteiger partial charge in [0.2, 0.25) is 10.0 Å². The molecule has 18 heavy (non-hydrogen) atoms. The minimum absolute atomic E-state index is 0. The summed E-state index contributed by atoms with van der Waals surface area (Å²) in [4.78, 5) is -0.269. The van der Waals surface area contributed by atoms with Crippen LogP contribution in [0.1, 0.15) is 12.8 Å². The van der Waals surface area contributed by atoms with Crippen molar-refractivity contribution in [3.63, 3.8) is 0 Å². The molecule has 1 saturated heterocycles. The first-order chi connectivity index (χ1) is 8.01. The lowest BCUT2D eigenvalue weighted by Crippen LogP contribution is -2.45. The summed E-state index contributed by atoms with van der Waals surface area (Å²) >= 11 is 0. The molecule has 0 unspecified atom stereocenters. The fraction of sp³-hybridized carbons (Fsp3) is 0.455. The molecule has 0 radical (unpaired) electrons. The van der Waals surface area contributed by atoms with Crippen molar-refractivity contribution in [2.75, 3.05) is 13.1 Å². The molecule has 0 aromatic heterocycles. The van der Waals surface area contributed by atoms with E-state index in [1.807, 2.05) is 0 Å². The van der Waals surface area contributed by atoms with E-state index >= 15 is 0 Å². The maximum atomic E-state index is 13.5. The van der Waals surface area contributed by atoms with Gasteiger partial charge in [-0.3, -0.25) is 0 Å². The van der Waals surface area contributed by atoms with E-state index in [1.54, 1.807) is 0 Å². The van der Waals surface area contributed by atoms with Gasteiger partial charge in [-0.15, -0.1) is 12.4 Å². The molecule has 2 N–H and O–H groups in total. The van der Waals surface area contributed by atoms with E-state index in [0.717, 1.165) is 18.9 Å². The molecule has 7 heteroatoms. The molecule has 4 nitrogen and oxygen atoms in total. The molecule has 1 aliphatic heterocycles. The average molecular weight is 295 g/mol. The van der Waals surface area contributed by atoms with Gasteiger partial charge in [0.15, 0.2) is 0 Å². The molecule has 102 valence electrons. The van der Waals surface area contributed by atoms with Crippen molar-refractivity contribution < 1.29 is 12.8 Å². The Hall–Kier alpha value is -0.690. The number of halogens is 2. The molecule has 0 amide bonds. The second-order valence-electron chi connectivity index (χ2n) is 4.20. The zero-order valence-electron chi connectivity index (χ0n) is 9.75. The Morgan fingerprint density at radius 3 is 2.61 bits per heavy atom. The predicted octanol–water partition coefficient (Wildman–Crippen LogP) is 1.36. The summed E-state index contributed by atoms with van der Waals surface area (Å²) in [6, 6.07) is 5.25. The van der Waals surface area contributed by atoms with Crippen LogP contribution >= 0.6 is 12.4 Å². The Kier molecular flexibility index (Phi) is 5.10. The Morgan fingerprint density at radius 2 is 2.00 bits per heavy atom. The molecule has 0 saturated carbocycles. The van der Waals surface area contributed by atoms with Crippen LogP contribution in [0.3, 0.4) is 0 Å². The van der Waals surface area contributed by atoms with E-state index in [1.165, 1.54) is 22.5 Å². The van der Waals surface area contributed by atoms with Crippen LogP contribution in [0.25, 0.3) is 0 Å². The van der Waals surface area contributed by atoms with Gasteiger partial charge in [-0.05, 0) is 25.0 Å². The van der Waals surface area contributed by atoms with Crippen molar-refractivity contribution >= 4 is 22.4 Å². The molecule has 1 aromatic carbocycles. The maximum Gasteiger partial charge on any atom is 0.246 e. The topological polar surface area (TPSA) is 63.4 Å². The molecular weight excluding hydrogens is 279 g/mol. The third-order valence-electron chi connectivity index (χ3n) is 2.88. The molecule has 0 bridgehead atoms. The van der Waals surface area contributed by atoms with Gasteiger partial charge in [0.05, 0.1) is 0 Å². The zero-order chi connectivity index (χ0) is 12.5. The number of rotatable bonds is 2. The summed E-state index contributed by atoms with van der Waals surface area (Å²) < 4.78 is 39.1. The van der Waals surface area contributed by atoms with E-state index in [2.05, 4.69) is 0 Å². The lowest BCUT2D eigenvalue weighted by molar-refractivity contribution is 0.315. The fourth-order valence-electron chi connectivity index (χ4n) is 1.99. The summed E-state index contributed by atoms with van der Waals surface area (Å²) in [5, 5.41) is 0. The standard InChI is InChI=1S/C11H15FN2O2S.ClH/c12-10-5-1-2-6-11(10)17(15,16)14-7-3-4-9(13)8-14;/h1-2,5-6,9H,3-4,7-8,13H2;1H/t9-;/m1./s1. The first-order valence-electron chi connectivity index (χ1n) is 5.52. The van der Waals surface area contributed by atoms with Gasteiger partial charge in [0, 0.05) is 19.1 Å². The molecule has 0 aliphatic carbocycles. The third kappa shape index (κ3) is 3.00. The van der Waals surface area contributed by atoms with Gasteiger partial charge < -0.3 is 5.73 Å². The number of hydrogen-bond donors (Lipinski definition) is 1. The molecular formula is C11H16ClFN2O2S. The molecule has 1 heterocycles. The zero-order valence-corrected chi connectivity index (χ0v) is 11.4. The Balaban J connectivity index is 0.00000162. The van der Waals surface area contributed by atoms with Crippen molar-refractivity contribution in [3.05, 3.63) is 30.1 Å². The Morgan fingerprint density at radius 1 is 1.33 bits per heavy atom. The van der Waals surface area contributed by atoms with Crippen LogP contribution in [0.15, 0.2) is 29.2 Å². The molecule has 1 aromatic rings. The average Bonchev–Trinajstić information content (AvgIpc) is 2.29. The molecule has 1 fully saturated rings. The molecule has 0 spiro atoms. The molecule has 1 aliphatic rings. The second-order valence-corrected chi connectivity index (χ2v) is 6.10. The van der Waals surface area contributed by atoms with Gasteiger partial charge in [-0.25, -0.2) is 12.8 Å². The highest BCUT2D eigenvalue weighted by Crippen LogP contribution is 2.22. The van der Waals surface area contributed by atoms with E-state index in [0.29, 0.717) is 6.54 Å². The van der Waals surface area contributed by atoms with Gasteiger partial charge >= 0.3 is 0 Å². The van der Waals surface area contributed by atoms with Gasteiger partial charge in [-0.2, -0.15) is 4.31 Å². The normalized spacial score (nSPS) is 21.3. The van der Waals surface area contributed by atoms with E-state index < -0.39 is 15.8 Å². The van der Waals surface area contributed by atoms with Crippen LogP contribution in [0.2, 0.25) is 0 Å². The Labute approximate surface area is 112 Å². The maximum absolute atomic E-state index is 13.5. The van der Waals surface area contributed by atoms with Crippen LogP contribution < -0.4 is 5.73 Å². The second kappa shape index (κ2) is 5.97. The molecule has 1 atom stereocenters. The van der Waals surface area contributed by atoms with E-state index in [4.69, 9.17) is 5.73 Å². The summed E-state index contributed by atoms with van der Waals surface area (Å²) in [6.07, 6.45) is 1.53. The highest BCUT2D eigenvalue weighted by Gasteiger charge is 2.30. The van der Waals surface area contributed by atoms with Crippen LogP contribution in [-0.4, -0.2) is 31.9 Å². The van der Waals surface area contributed by atoms with E-state index in [9.17, 15) is 12.8 Å². The monoisotopic (exact) mass is 294 g/mol. The van der Waals surface area contributed by atoms with Gasteiger partial charge in [-0.1, -0.05) is 12.1 Å². The number of piperidine rings is 1. The van der Waals surface area contributed by atoms with Crippen LogP contribution in [0.5, 0.6) is 0 Å². The first kappa shape index (κ1) is 15.4. The Bertz CT molecular complexity index is 510. The lowest BCUT2D eigenvalue weighted by atomic mass is 10.1. The highest BCUT2D eigenvalue weighted by molar-refractivity contribution is 7.89. The van der Waals surface area contributed by atoms with E-state index in [-0.39, 0.29) is 29.9 Å². The third-order valence-corrected chi connectivity index (χ3v) is 4.77. The smallest absolute Gasteiger partial charge is 0.246 e. The highest BCUT2D eigenvalue weighted by atomic mass is 35.5.